The van der Waals surface area contributed by atoms with Crippen molar-refractivity contribution in [3.8, 4) is 0 Å². The van der Waals surface area contributed by atoms with Crippen molar-refractivity contribution in [2.45, 2.75) is 51.5 Å². The molecule has 0 aromatic carbocycles. The van der Waals surface area contributed by atoms with Gasteiger partial charge in [0.2, 0.25) is 0 Å². The van der Waals surface area contributed by atoms with Gasteiger partial charge < -0.3 is 9.47 Å². The number of likely N-dealkylation sites (tertiary alicyclic amines) is 1. The number of fused-ring (bicyclic) bond motifs is 2. The van der Waals surface area contributed by atoms with Crippen LogP contribution < -0.4 is 5.56 Å². The van der Waals surface area contributed by atoms with Gasteiger partial charge in [-0.3, -0.25) is 14.0 Å². The first-order valence-corrected chi connectivity index (χ1v) is 10.3. The van der Waals surface area contributed by atoms with E-state index in [1.54, 1.807) is 17.2 Å². The fourth-order valence-corrected chi connectivity index (χ4v) is 4.47. The van der Waals surface area contributed by atoms with E-state index in [1.165, 1.54) is 23.4 Å². The quantitative estimate of drug-likeness (QED) is 0.665. The lowest BCUT2D eigenvalue weighted by Gasteiger charge is -2.32. The summed E-state index contributed by atoms with van der Waals surface area (Å²) in [5, 5.41) is 8.81. The number of aromatic nitrogens is 5. The number of piperidine rings is 1. The zero-order valence-corrected chi connectivity index (χ0v) is 16.5. The van der Waals surface area contributed by atoms with Gasteiger partial charge in [-0.1, -0.05) is 6.07 Å². The maximum Gasteiger partial charge on any atom is 0.270 e. The molecule has 2 aliphatic heterocycles. The van der Waals surface area contributed by atoms with E-state index in [1.807, 2.05) is 13.0 Å². The number of amides is 1. The molecule has 8 heteroatoms. The van der Waals surface area contributed by atoms with Crippen molar-refractivity contribution in [2.24, 2.45) is 0 Å². The van der Waals surface area contributed by atoms with Crippen LogP contribution in [0.5, 0.6) is 0 Å². The van der Waals surface area contributed by atoms with Crippen molar-refractivity contribution in [3.63, 3.8) is 0 Å². The van der Waals surface area contributed by atoms with E-state index in [0.29, 0.717) is 24.7 Å². The Hall–Kier alpha value is -3.03. The van der Waals surface area contributed by atoms with Crippen molar-refractivity contribution in [3.05, 3.63) is 57.7 Å². The summed E-state index contributed by atoms with van der Waals surface area (Å²) in [7, 11) is 0. The van der Waals surface area contributed by atoms with Gasteiger partial charge in [-0.25, -0.2) is 4.98 Å². The molecule has 0 saturated carbocycles. The Balaban J connectivity index is 1.34. The summed E-state index contributed by atoms with van der Waals surface area (Å²) in [5.74, 6) is 2.24. The molecule has 0 unspecified atom stereocenters. The topological polar surface area (TPSA) is 85.4 Å². The van der Waals surface area contributed by atoms with Crippen molar-refractivity contribution in [1.29, 1.82) is 0 Å². The van der Waals surface area contributed by atoms with Gasteiger partial charge in [-0.05, 0) is 44.2 Å². The molecule has 3 aromatic heterocycles. The third kappa shape index (κ3) is 3.12. The highest BCUT2D eigenvalue weighted by Gasteiger charge is 2.30. The minimum atomic E-state index is -0.308. The Kier molecular flexibility index (Phi) is 4.41. The number of carbonyl (C=O) groups is 1. The van der Waals surface area contributed by atoms with Crippen molar-refractivity contribution in [2.75, 3.05) is 13.1 Å². The lowest BCUT2D eigenvalue weighted by molar-refractivity contribution is 0.0707. The van der Waals surface area contributed by atoms with Gasteiger partial charge in [-0.2, -0.15) is 0 Å². The number of nitrogens with zero attached hydrogens (tertiary/aromatic N) is 6. The summed E-state index contributed by atoms with van der Waals surface area (Å²) in [6.45, 7) is 4.13. The molecule has 150 valence electrons. The van der Waals surface area contributed by atoms with Crippen molar-refractivity contribution >= 4 is 11.6 Å². The van der Waals surface area contributed by atoms with Crippen LogP contribution in [0.4, 0.5) is 0 Å². The molecule has 3 aromatic rings. The van der Waals surface area contributed by atoms with E-state index < -0.39 is 0 Å². The standard InChI is InChI=1S/C21H24N6O2/c1-14-5-6-17-22-12-16(21(29)27(17)13-14)20(28)25-10-7-15(8-11-25)19-24-23-18-4-2-3-9-26(18)19/h5-6,12-13,15H,2-4,7-11H2,1H3. The second-order valence-corrected chi connectivity index (χ2v) is 8.06. The summed E-state index contributed by atoms with van der Waals surface area (Å²) >= 11 is 0. The van der Waals surface area contributed by atoms with E-state index in [4.69, 9.17) is 0 Å². The Bertz CT molecular complexity index is 1140. The summed E-state index contributed by atoms with van der Waals surface area (Å²) in [6, 6.07) is 3.69. The Morgan fingerprint density at radius 2 is 1.93 bits per heavy atom. The lowest BCUT2D eigenvalue weighted by Crippen LogP contribution is -2.41. The normalized spacial score (nSPS) is 17.5. The van der Waals surface area contributed by atoms with Crippen LogP contribution in [0.1, 0.15) is 59.2 Å². The predicted molar refractivity (Wildman–Crippen MR) is 107 cm³/mol. The Morgan fingerprint density at radius 1 is 1.10 bits per heavy atom. The van der Waals surface area contributed by atoms with Crippen LogP contribution in [-0.4, -0.2) is 48.0 Å². The monoisotopic (exact) mass is 392 g/mol. The first-order chi connectivity index (χ1) is 14.1. The van der Waals surface area contributed by atoms with Gasteiger partial charge in [-0.15, -0.1) is 10.2 Å². The van der Waals surface area contributed by atoms with E-state index in [-0.39, 0.29) is 17.0 Å². The third-order valence-corrected chi connectivity index (χ3v) is 6.12. The van der Waals surface area contributed by atoms with Gasteiger partial charge in [0.15, 0.2) is 0 Å². The molecular formula is C21H24N6O2. The molecule has 8 nitrogen and oxygen atoms in total. The lowest BCUT2D eigenvalue weighted by atomic mass is 9.95. The highest BCUT2D eigenvalue weighted by Crippen LogP contribution is 2.29. The van der Waals surface area contributed by atoms with E-state index in [2.05, 4.69) is 19.7 Å². The van der Waals surface area contributed by atoms with E-state index in [9.17, 15) is 9.59 Å². The molecule has 29 heavy (non-hydrogen) atoms. The molecule has 0 radical (unpaired) electrons. The summed E-state index contributed by atoms with van der Waals surface area (Å²) in [6.07, 6.45) is 8.17. The number of hydrogen-bond acceptors (Lipinski definition) is 5. The summed E-state index contributed by atoms with van der Waals surface area (Å²) < 4.78 is 3.73. The SMILES string of the molecule is Cc1ccc2ncc(C(=O)N3CCC(c4nnc5n4CCCC5)CC3)c(=O)n2c1. The zero-order valence-electron chi connectivity index (χ0n) is 16.5. The average Bonchev–Trinajstić information content (AvgIpc) is 3.18. The highest BCUT2D eigenvalue weighted by atomic mass is 16.2. The second-order valence-electron chi connectivity index (χ2n) is 8.06. The first-order valence-electron chi connectivity index (χ1n) is 10.3. The van der Waals surface area contributed by atoms with E-state index >= 15 is 0 Å². The molecule has 0 atom stereocenters. The Labute approximate surface area is 168 Å². The van der Waals surface area contributed by atoms with Gasteiger partial charge in [0.1, 0.15) is 22.9 Å². The zero-order chi connectivity index (χ0) is 20.0. The van der Waals surface area contributed by atoms with Gasteiger partial charge in [0.05, 0.1) is 0 Å². The van der Waals surface area contributed by atoms with Crippen LogP contribution in [0, 0.1) is 6.92 Å². The summed E-state index contributed by atoms with van der Waals surface area (Å²) in [4.78, 5) is 31.9. The predicted octanol–water partition coefficient (Wildman–Crippen LogP) is 1.95. The highest BCUT2D eigenvalue weighted by molar-refractivity contribution is 5.93. The molecule has 1 fully saturated rings. The van der Waals surface area contributed by atoms with Gasteiger partial charge in [0.25, 0.3) is 11.5 Å². The molecule has 1 saturated heterocycles. The average molecular weight is 392 g/mol. The summed E-state index contributed by atoms with van der Waals surface area (Å²) in [5.41, 5.74) is 1.32. The van der Waals surface area contributed by atoms with Crippen LogP contribution in [0.25, 0.3) is 5.65 Å². The van der Waals surface area contributed by atoms with Crippen LogP contribution >= 0.6 is 0 Å². The van der Waals surface area contributed by atoms with Crippen LogP contribution in [0.2, 0.25) is 0 Å². The smallest absolute Gasteiger partial charge is 0.270 e. The van der Waals surface area contributed by atoms with E-state index in [0.717, 1.165) is 43.0 Å². The maximum atomic E-state index is 13.0. The molecule has 0 aliphatic carbocycles. The maximum absolute atomic E-state index is 13.0. The second kappa shape index (κ2) is 7.09. The first kappa shape index (κ1) is 18.0. The minimum Gasteiger partial charge on any atom is -0.338 e. The fourth-order valence-electron chi connectivity index (χ4n) is 4.47. The van der Waals surface area contributed by atoms with Gasteiger partial charge >= 0.3 is 0 Å². The molecule has 0 spiro atoms. The van der Waals surface area contributed by atoms with Crippen LogP contribution in [0.3, 0.4) is 0 Å². The molecule has 5 rings (SSSR count). The largest absolute Gasteiger partial charge is 0.338 e. The molecule has 0 bridgehead atoms. The number of carbonyl (C=O) groups excluding carboxylic acids is 1. The van der Waals surface area contributed by atoms with Crippen LogP contribution in [-0.2, 0) is 13.0 Å². The number of hydrogen-bond donors (Lipinski definition) is 0. The van der Waals surface area contributed by atoms with Gasteiger partial charge in [0, 0.05) is 44.4 Å². The van der Waals surface area contributed by atoms with Crippen molar-refractivity contribution < 1.29 is 4.79 Å². The van der Waals surface area contributed by atoms with Crippen LogP contribution in [0.15, 0.2) is 29.3 Å². The molecule has 0 N–H and O–H groups in total. The number of aryl methyl sites for hydroxylation is 2. The molecular weight excluding hydrogens is 368 g/mol. The third-order valence-electron chi connectivity index (χ3n) is 6.12. The number of pyridine rings is 1. The molecule has 2 aliphatic rings. The minimum absolute atomic E-state index is 0.131. The molecule has 5 heterocycles. The van der Waals surface area contributed by atoms with Crippen molar-refractivity contribution in [1.82, 2.24) is 29.0 Å². The fraction of sp³-hybridized carbons (Fsp3) is 0.476. The molecule has 1 amide bonds. The Morgan fingerprint density at radius 3 is 2.76 bits per heavy atom. The number of rotatable bonds is 2.